The van der Waals surface area contributed by atoms with Gasteiger partial charge in [0.1, 0.15) is 19.0 Å². The van der Waals surface area contributed by atoms with Crippen LogP contribution < -0.4 is 10.1 Å². The first-order valence-electron chi connectivity index (χ1n) is 7.24. The van der Waals surface area contributed by atoms with E-state index in [0.717, 1.165) is 12.1 Å². The first-order chi connectivity index (χ1) is 12.3. The Balaban J connectivity index is 1.80. The van der Waals surface area contributed by atoms with Gasteiger partial charge in [0.25, 0.3) is 5.69 Å². The van der Waals surface area contributed by atoms with Crippen molar-refractivity contribution in [3.8, 4) is 5.75 Å². The number of ether oxygens (including phenoxy) is 2. The zero-order valence-corrected chi connectivity index (χ0v) is 13.2. The van der Waals surface area contributed by atoms with Gasteiger partial charge in [-0.15, -0.1) is 0 Å². The molecule has 0 aliphatic rings. The number of anilines is 1. The highest BCUT2D eigenvalue weighted by Gasteiger charge is 2.33. The van der Waals surface area contributed by atoms with E-state index >= 15 is 0 Å². The first kappa shape index (κ1) is 19.0. The average Bonchev–Trinajstić information content (AvgIpc) is 2.58. The Labute approximate surface area is 145 Å². The summed E-state index contributed by atoms with van der Waals surface area (Å²) in [5.41, 5.74) is -1.50. The molecule has 0 aromatic heterocycles. The van der Waals surface area contributed by atoms with Gasteiger partial charge in [-0.3, -0.25) is 15.4 Å². The molecule has 138 valence electrons. The van der Waals surface area contributed by atoms with Crippen LogP contribution in [-0.4, -0.2) is 24.2 Å². The monoisotopic (exact) mass is 370 g/mol. The summed E-state index contributed by atoms with van der Waals surface area (Å²) < 4.78 is 48.4. The number of nitro benzene ring substituents is 1. The Morgan fingerprint density at radius 1 is 1.08 bits per heavy atom. The Bertz CT molecular complexity index is 778. The fraction of sp³-hybridized carbons (Fsp3) is 0.188. The van der Waals surface area contributed by atoms with Crippen molar-refractivity contribution in [2.24, 2.45) is 0 Å². The zero-order valence-electron chi connectivity index (χ0n) is 13.2. The molecule has 0 bridgehead atoms. The average molecular weight is 370 g/mol. The van der Waals surface area contributed by atoms with Gasteiger partial charge in [0.15, 0.2) is 0 Å². The SMILES string of the molecule is O=C(Nc1ccccc1C(F)(F)F)OCCOc1ccc([N+](=O)[O-])cc1. The van der Waals surface area contributed by atoms with E-state index in [0.29, 0.717) is 5.75 Å². The van der Waals surface area contributed by atoms with Crippen LogP contribution >= 0.6 is 0 Å². The molecule has 0 aliphatic heterocycles. The summed E-state index contributed by atoms with van der Waals surface area (Å²) in [5, 5.41) is 12.5. The topological polar surface area (TPSA) is 90.7 Å². The van der Waals surface area contributed by atoms with E-state index in [1.165, 1.54) is 36.4 Å². The number of amides is 1. The molecule has 2 rings (SSSR count). The van der Waals surface area contributed by atoms with Gasteiger partial charge < -0.3 is 9.47 Å². The lowest BCUT2D eigenvalue weighted by atomic mass is 10.2. The summed E-state index contributed by atoms with van der Waals surface area (Å²) >= 11 is 0. The number of carbonyl (C=O) groups is 1. The number of rotatable bonds is 6. The predicted molar refractivity (Wildman–Crippen MR) is 85.0 cm³/mol. The van der Waals surface area contributed by atoms with Crippen LogP contribution in [0.3, 0.4) is 0 Å². The van der Waals surface area contributed by atoms with Gasteiger partial charge in [0.2, 0.25) is 0 Å². The highest BCUT2D eigenvalue weighted by atomic mass is 19.4. The summed E-state index contributed by atoms with van der Waals surface area (Å²) in [5.74, 6) is 0.321. The van der Waals surface area contributed by atoms with Crippen LogP contribution in [0.4, 0.5) is 29.3 Å². The van der Waals surface area contributed by atoms with E-state index in [1.807, 2.05) is 5.32 Å². The number of alkyl halides is 3. The Hall–Kier alpha value is -3.30. The molecular formula is C16H13F3N2O5. The normalized spacial score (nSPS) is 10.9. The number of hydrogen-bond donors (Lipinski definition) is 1. The largest absolute Gasteiger partial charge is 0.490 e. The van der Waals surface area contributed by atoms with Crippen molar-refractivity contribution in [3.05, 3.63) is 64.2 Å². The van der Waals surface area contributed by atoms with Crippen LogP contribution in [-0.2, 0) is 10.9 Å². The third-order valence-corrected chi connectivity index (χ3v) is 3.10. The van der Waals surface area contributed by atoms with Crippen LogP contribution in [0, 0.1) is 10.1 Å². The molecular weight excluding hydrogens is 357 g/mol. The quantitative estimate of drug-likeness (QED) is 0.467. The molecule has 26 heavy (non-hydrogen) atoms. The smallest absolute Gasteiger partial charge is 0.418 e. The molecule has 10 heteroatoms. The molecule has 0 spiro atoms. The minimum atomic E-state index is -4.61. The summed E-state index contributed by atoms with van der Waals surface area (Å²) in [7, 11) is 0. The lowest BCUT2D eigenvalue weighted by Gasteiger charge is -2.13. The van der Waals surface area contributed by atoms with Crippen molar-refractivity contribution in [3.63, 3.8) is 0 Å². The van der Waals surface area contributed by atoms with Crippen LogP contribution in [0.1, 0.15) is 5.56 Å². The van der Waals surface area contributed by atoms with Gasteiger partial charge in [0.05, 0.1) is 16.2 Å². The standard InChI is InChI=1S/C16H13F3N2O5/c17-16(18,19)13-3-1-2-4-14(13)20-15(22)26-10-9-25-12-7-5-11(6-8-12)21(23)24/h1-8H,9-10H2,(H,20,22). The highest BCUT2D eigenvalue weighted by Crippen LogP contribution is 2.34. The highest BCUT2D eigenvalue weighted by molar-refractivity contribution is 5.85. The van der Waals surface area contributed by atoms with Crippen molar-refractivity contribution in [2.45, 2.75) is 6.18 Å². The number of non-ortho nitro benzene ring substituents is 1. The summed E-state index contributed by atoms with van der Waals surface area (Å²) in [6.07, 6.45) is -5.67. The summed E-state index contributed by atoms with van der Waals surface area (Å²) in [6.45, 7) is -0.302. The van der Waals surface area contributed by atoms with E-state index in [9.17, 15) is 28.1 Å². The van der Waals surface area contributed by atoms with Crippen molar-refractivity contribution in [1.82, 2.24) is 0 Å². The number of nitrogens with zero attached hydrogens (tertiary/aromatic N) is 1. The first-order valence-corrected chi connectivity index (χ1v) is 7.24. The molecule has 0 radical (unpaired) electrons. The van der Waals surface area contributed by atoms with Gasteiger partial charge in [-0.05, 0) is 24.3 Å². The molecule has 0 saturated heterocycles. The third-order valence-electron chi connectivity index (χ3n) is 3.10. The second kappa shape index (κ2) is 8.19. The van der Waals surface area contributed by atoms with Crippen molar-refractivity contribution in [2.75, 3.05) is 18.5 Å². The van der Waals surface area contributed by atoms with Crippen LogP contribution in [0.2, 0.25) is 0 Å². The number of hydrogen-bond acceptors (Lipinski definition) is 5. The second-order valence-electron chi connectivity index (χ2n) is 4.90. The number of nitro groups is 1. The lowest BCUT2D eigenvalue weighted by molar-refractivity contribution is -0.384. The number of nitrogens with one attached hydrogen (secondary N) is 1. The fourth-order valence-corrected chi connectivity index (χ4v) is 1.94. The molecule has 0 aliphatic carbocycles. The van der Waals surface area contributed by atoms with Gasteiger partial charge >= 0.3 is 12.3 Å². The number of halogens is 3. The van der Waals surface area contributed by atoms with Crippen molar-refractivity contribution < 1.29 is 32.4 Å². The van der Waals surface area contributed by atoms with Gasteiger partial charge in [-0.25, -0.2) is 4.79 Å². The Kier molecular flexibility index (Phi) is 5.99. The maximum atomic E-state index is 12.8. The third kappa shape index (κ3) is 5.36. The van der Waals surface area contributed by atoms with Crippen LogP contribution in [0.15, 0.2) is 48.5 Å². The van der Waals surface area contributed by atoms with E-state index < -0.39 is 28.4 Å². The Morgan fingerprint density at radius 2 is 1.73 bits per heavy atom. The molecule has 0 atom stereocenters. The van der Waals surface area contributed by atoms with E-state index in [4.69, 9.17) is 9.47 Å². The molecule has 1 amide bonds. The Morgan fingerprint density at radius 3 is 2.35 bits per heavy atom. The minimum absolute atomic E-state index is 0.0772. The van der Waals surface area contributed by atoms with Gasteiger partial charge in [-0.2, -0.15) is 13.2 Å². The number of carbonyl (C=O) groups excluding carboxylic acids is 1. The lowest BCUT2D eigenvalue weighted by Crippen LogP contribution is -2.20. The predicted octanol–water partition coefficient (Wildman–Crippen LogP) is 4.24. The molecule has 2 aromatic rings. The van der Waals surface area contributed by atoms with Crippen LogP contribution in [0.25, 0.3) is 0 Å². The second-order valence-corrected chi connectivity index (χ2v) is 4.90. The molecule has 0 unspecified atom stereocenters. The van der Waals surface area contributed by atoms with Crippen LogP contribution in [0.5, 0.6) is 5.75 Å². The van der Waals surface area contributed by atoms with Crippen molar-refractivity contribution in [1.29, 1.82) is 0 Å². The molecule has 0 fully saturated rings. The van der Waals surface area contributed by atoms with Gasteiger partial charge in [0, 0.05) is 12.1 Å². The summed E-state index contributed by atoms with van der Waals surface area (Å²) in [6, 6.07) is 9.74. The maximum absolute atomic E-state index is 12.8. The summed E-state index contributed by atoms with van der Waals surface area (Å²) in [4.78, 5) is 21.5. The van der Waals surface area contributed by atoms with E-state index in [-0.39, 0.29) is 18.9 Å². The fourth-order valence-electron chi connectivity index (χ4n) is 1.94. The maximum Gasteiger partial charge on any atom is 0.418 e. The number of para-hydroxylation sites is 1. The molecule has 0 heterocycles. The van der Waals surface area contributed by atoms with Crippen molar-refractivity contribution >= 4 is 17.5 Å². The molecule has 7 nitrogen and oxygen atoms in total. The molecule has 0 saturated carbocycles. The van der Waals surface area contributed by atoms with E-state index in [2.05, 4.69) is 0 Å². The van der Waals surface area contributed by atoms with Gasteiger partial charge in [-0.1, -0.05) is 12.1 Å². The molecule has 1 N–H and O–H groups in total. The number of benzene rings is 2. The van der Waals surface area contributed by atoms with E-state index in [1.54, 1.807) is 0 Å². The minimum Gasteiger partial charge on any atom is -0.490 e. The molecule has 2 aromatic carbocycles. The zero-order chi connectivity index (χ0) is 19.2.